The number of rotatable bonds is 10. The van der Waals surface area contributed by atoms with E-state index >= 15 is 0 Å². The van der Waals surface area contributed by atoms with Gasteiger partial charge in [-0.05, 0) is 56.8 Å². The number of nitrogens with one attached hydrogen (secondary N) is 1. The van der Waals surface area contributed by atoms with Crippen LogP contribution in [0.4, 0.5) is 0 Å². The van der Waals surface area contributed by atoms with Crippen LogP contribution in [0.5, 0.6) is 5.75 Å². The molecule has 0 spiro atoms. The van der Waals surface area contributed by atoms with Crippen molar-refractivity contribution in [1.82, 2.24) is 10.2 Å². The fraction of sp³-hybridized carbons (Fsp3) is 0.667. The van der Waals surface area contributed by atoms with Gasteiger partial charge < -0.3 is 10.1 Å². The first-order valence-electron chi connectivity index (χ1n) is 8.33. The molecule has 2 rings (SSSR count). The summed E-state index contributed by atoms with van der Waals surface area (Å²) in [6.45, 7) is 8.04. The summed E-state index contributed by atoms with van der Waals surface area (Å²) in [5.74, 6) is 0.935. The van der Waals surface area contributed by atoms with E-state index < -0.39 is 0 Å². The number of likely N-dealkylation sites (N-methyl/N-ethyl adjacent to an activating group) is 1. The first kappa shape index (κ1) is 16.3. The Kier molecular flexibility index (Phi) is 6.52. The summed E-state index contributed by atoms with van der Waals surface area (Å²) in [5, 5.41) is 3.66. The zero-order valence-corrected chi connectivity index (χ0v) is 13.8. The highest BCUT2D eigenvalue weighted by molar-refractivity contribution is 5.27. The van der Waals surface area contributed by atoms with Gasteiger partial charge >= 0.3 is 0 Å². The second-order valence-electron chi connectivity index (χ2n) is 6.10. The molecule has 118 valence electrons. The second kappa shape index (κ2) is 8.40. The standard InChI is InChI=1S/C18H30N2O/c1-4-20(17-9-10-17)14-13-19-15(2)5-6-16-7-11-18(21-3)12-8-16/h7-8,11-12,15,17,19H,4-6,9-10,13-14H2,1-3H3. The summed E-state index contributed by atoms with van der Waals surface area (Å²) in [5.41, 5.74) is 1.39. The highest BCUT2D eigenvalue weighted by Gasteiger charge is 2.27. The monoisotopic (exact) mass is 290 g/mol. The molecule has 1 N–H and O–H groups in total. The van der Waals surface area contributed by atoms with Gasteiger partial charge in [-0.15, -0.1) is 0 Å². The van der Waals surface area contributed by atoms with Crippen molar-refractivity contribution < 1.29 is 4.74 Å². The van der Waals surface area contributed by atoms with E-state index in [0.717, 1.165) is 24.8 Å². The molecule has 1 aromatic rings. The van der Waals surface area contributed by atoms with Crippen LogP contribution >= 0.6 is 0 Å². The smallest absolute Gasteiger partial charge is 0.118 e. The maximum Gasteiger partial charge on any atom is 0.118 e. The minimum atomic E-state index is 0.574. The Balaban J connectivity index is 1.61. The van der Waals surface area contributed by atoms with E-state index in [9.17, 15) is 0 Å². The lowest BCUT2D eigenvalue weighted by Gasteiger charge is -2.21. The maximum absolute atomic E-state index is 5.19. The van der Waals surface area contributed by atoms with Crippen LogP contribution in [0.15, 0.2) is 24.3 Å². The van der Waals surface area contributed by atoms with E-state index in [1.807, 2.05) is 12.1 Å². The van der Waals surface area contributed by atoms with Crippen LogP contribution in [0.2, 0.25) is 0 Å². The molecule has 0 radical (unpaired) electrons. The molecule has 21 heavy (non-hydrogen) atoms. The van der Waals surface area contributed by atoms with Crippen LogP contribution in [0, 0.1) is 0 Å². The summed E-state index contributed by atoms with van der Waals surface area (Å²) >= 11 is 0. The van der Waals surface area contributed by atoms with Crippen molar-refractivity contribution in [3.63, 3.8) is 0 Å². The first-order valence-corrected chi connectivity index (χ1v) is 8.33. The first-order chi connectivity index (χ1) is 10.2. The molecular weight excluding hydrogens is 260 g/mol. The lowest BCUT2D eigenvalue weighted by atomic mass is 10.1. The average Bonchev–Trinajstić information content (AvgIpc) is 3.35. The van der Waals surface area contributed by atoms with Crippen molar-refractivity contribution in [2.24, 2.45) is 0 Å². The van der Waals surface area contributed by atoms with Gasteiger partial charge in [0.15, 0.2) is 0 Å². The molecule has 1 fully saturated rings. The Morgan fingerprint density at radius 2 is 2.00 bits per heavy atom. The van der Waals surface area contributed by atoms with Crippen molar-refractivity contribution in [1.29, 1.82) is 0 Å². The van der Waals surface area contributed by atoms with Gasteiger partial charge in [0, 0.05) is 25.2 Å². The lowest BCUT2D eigenvalue weighted by molar-refractivity contribution is 0.272. The Bertz CT molecular complexity index is 400. The summed E-state index contributed by atoms with van der Waals surface area (Å²) in [6, 6.07) is 9.87. The van der Waals surface area contributed by atoms with E-state index in [1.54, 1.807) is 7.11 Å². The molecule has 3 nitrogen and oxygen atoms in total. The van der Waals surface area contributed by atoms with E-state index in [-0.39, 0.29) is 0 Å². The van der Waals surface area contributed by atoms with Crippen molar-refractivity contribution in [3.8, 4) is 5.75 Å². The average molecular weight is 290 g/mol. The van der Waals surface area contributed by atoms with Gasteiger partial charge in [-0.3, -0.25) is 4.90 Å². The summed E-state index contributed by atoms with van der Waals surface area (Å²) in [6.07, 6.45) is 5.11. The minimum absolute atomic E-state index is 0.574. The number of methoxy groups -OCH3 is 1. The van der Waals surface area contributed by atoms with Crippen LogP contribution in [-0.2, 0) is 6.42 Å². The van der Waals surface area contributed by atoms with Crippen LogP contribution in [0.1, 0.15) is 38.7 Å². The number of benzene rings is 1. The van der Waals surface area contributed by atoms with Gasteiger partial charge in [0.1, 0.15) is 5.75 Å². The molecule has 1 aliphatic rings. The molecule has 1 saturated carbocycles. The van der Waals surface area contributed by atoms with Crippen LogP contribution in [0.3, 0.4) is 0 Å². The van der Waals surface area contributed by atoms with Crippen LogP contribution < -0.4 is 10.1 Å². The molecule has 0 saturated heterocycles. The molecule has 3 heteroatoms. The van der Waals surface area contributed by atoms with Crippen LogP contribution in [-0.4, -0.2) is 43.7 Å². The van der Waals surface area contributed by atoms with Crippen LogP contribution in [0.25, 0.3) is 0 Å². The normalized spacial score (nSPS) is 16.2. The molecule has 0 amide bonds. The van der Waals surface area contributed by atoms with Gasteiger partial charge in [0.25, 0.3) is 0 Å². The minimum Gasteiger partial charge on any atom is -0.497 e. The highest BCUT2D eigenvalue weighted by atomic mass is 16.5. The van der Waals surface area contributed by atoms with E-state index in [2.05, 4.69) is 36.2 Å². The molecule has 1 aliphatic carbocycles. The van der Waals surface area contributed by atoms with Gasteiger partial charge in [-0.25, -0.2) is 0 Å². The fourth-order valence-electron chi connectivity index (χ4n) is 2.77. The quantitative estimate of drug-likeness (QED) is 0.716. The fourth-order valence-corrected chi connectivity index (χ4v) is 2.77. The predicted octanol–water partition coefficient (Wildman–Crippen LogP) is 3.09. The molecule has 0 bridgehead atoms. The SMILES string of the molecule is CCN(CCNC(C)CCc1ccc(OC)cc1)C1CC1. The summed E-state index contributed by atoms with van der Waals surface area (Å²) < 4.78 is 5.19. The van der Waals surface area contributed by atoms with E-state index in [1.165, 1.54) is 37.9 Å². The Labute approximate surface area is 129 Å². The molecule has 0 aromatic heterocycles. The van der Waals surface area contributed by atoms with Crippen molar-refractivity contribution in [3.05, 3.63) is 29.8 Å². The van der Waals surface area contributed by atoms with Gasteiger partial charge in [0.2, 0.25) is 0 Å². The largest absolute Gasteiger partial charge is 0.497 e. The molecule has 0 aliphatic heterocycles. The topological polar surface area (TPSA) is 24.5 Å². The summed E-state index contributed by atoms with van der Waals surface area (Å²) in [4.78, 5) is 2.60. The van der Waals surface area contributed by atoms with E-state index in [4.69, 9.17) is 4.74 Å². The van der Waals surface area contributed by atoms with Gasteiger partial charge in [0.05, 0.1) is 7.11 Å². The van der Waals surface area contributed by atoms with Crippen molar-refractivity contribution in [2.75, 3.05) is 26.7 Å². The van der Waals surface area contributed by atoms with E-state index in [0.29, 0.717) is 6.04 Å². The third kappa shape index (κ3) is 5.68. The Morgan fingerprint density at radius 1 is 1.29 bits per heavy atom. The molecule has 0 heterocycles. The molecule has 1 unspecified atom stereocenters. The molecule has 1 aromatic carbocycles. The predicted molar refractivity (Wildman–Crippen MR) is 89.0 cm³/mol. The maximum atomic E-state index is 5.19. The number of aryl methyl sites for hydroxylation is 1. The Morgan fingerprint density at radius 3 is 2.57 bits per heavy atom. The van der Waals surface area contributed by atoms with Gasteiger partial charge in [-0.1, -0.05) is 19.1 Å². The molecule has 1 atom stereocenters. The number of nitrogens with zero attached hydrogens (tertiary/aromatic N) is 1. The third-order valence-corrected chi connectivity index (χ3v) is 4.39. The Hall–Kier alpha value is -1.06. The number of hydrogen-bond acceptors (Lipinski definition) is 3. The number of hydrogen-bond donors (Lipinski definition) is 1. The van der Waals surface area contributed by atoms with Crippen molar-refractivity contribution >= 4 is 0 Å². The zero-order chi connectivity index (χ0) is 15.1. The summed E-state index contributed by atoms with van der Waals surface area (Å²) in [7, 11) is 1.71. The van der Waals surface area contributed by atoms with Crippen molar-refractivity contribution in [2.45, 2.75) is 51.6 Å². The second-order valence-corrected chi connectivity index (χ2v) is 6.10. The number of ether oxygens (including phenoxy) is 1. The lowest BCUT2D eigenvalue weighted by Crippen LogP contribution is -2.37. The third-order valence-electron chi connectivity index (χ3n) is 4.39. The molecular formula is C18H30N2O. The van der Waals surface area contributed by atoms with Gasteiger partial charge in [-0.2, -0.15) is 0 Å². The highest BCUT2D eigenvalue weighted by Crippen LogP contribution is 2.25. The zero-order valence-electron chi connectivity index (χ0n) is 13.8.